The van der Waals surface area contributed by atoms with Gasteiger partial charge in [0, 0.05) is 33.2 Å². The molecule has 0 bridgehead atoms. The molecule has 2 rings (SSSR count). The van der Waals surface area contributed by atoms with Crippen molar-refractivity contribution in [2.75, 3.05) is 46.3 Å². The summed E-state index contributed by atoms with van der Waals surface area (Å²) < 4.78 is 0. The van der Waals surface area contributed by atoms with Crippen LogP contribution in [-0.2, 0) is 0 Å². The molecule has 128 valence electrons. The highest BCUT2D eigenvalue weighted by Gasteiger charge is 2.31. The van der Waals surface area contributed by atoms with Crippen LogP contribution in [0.5, 0.6) is 0 Å². The van der Waals surface area contributed by atoms with E-state index in [4.69, 9.17) is 0 Å². The van der Waals surface area contributed by atoms with Crippen LogP contribution in [-0.4, -0.2) is 62.1 Å². The molecule has 1 N–H and O–H groups in total. The van der Waals surface area contributed by atoms with Crippen LogP contribution in [0.3, 0.4) is 0 Å². The van der Waals surface area contributed by atoms with Gasteiger partial charge in [-0.05, 0) is 50.1 Å². The molecule has 2 aliphatic rings. The first-order valence-corrected chi connectivity index (χ1v) is 9.28. The predicted molar refractivity (Wildman–Crippen MR) is 95.4 cm³/mol. The molecule has 2 saturated heterocycles. The number of hydrogen-bond acceptors (Lipinski definition) is 2. The molecule has 0 amide bonds. The number of piperidine rings is 1. The summed E-state index contributed by atoms with van der Waals surface area (Å²) in [5.41, 5.74) is 0.469. The van der Waals surface area contributed by atoms with E-state index in [0.29, 0.717) is 5.41 Å². The van der Waals surface area contributed by atoms with Gasteiger partial charge >= 0.3 is 0 Å². The van der Waals surface area contributed by atoms with Crippen molar-refractivity contribution < 1.29 is 0 Å². The van der Waals surface area contributed by atoms with Gasteiger partial charge in [-0.2, -0.15) is 0 Å². The molecule has 2 aliphatic heterocycles. The number of guanidine groups is 1. The molecule has 0 spiro atoms. The highest BCUT2D eigenvalue weighted by molar-refractivity contribution is 5.80. The molecule has 0 radical (unpaired) electrons. The van der Waals surface area contributed by atoms with Crippen LogP contribution in [0.4, 0.5) is 0 Å². The molecular formula is C18H36N4. The molecular weight excluding hydrogens is 272 g/mol. The van der Waals surface area contributed by atoms with Gasteiger partial charge in [-0.25, -0.2) is 0 Å². The van der Waals surface area contributed by atoms with Gasteiger partial charge < -0.3 is 15.1 Å². The van der Waals surface area contributed by atoms with Crippen molar-refractivity contribution in [2.24, 2.45) is 16.3 Å². The summed E-state index contributed by atoms with van der Waals surface area (Å²) in [6, 6.07) is 0. The third-order valence-electron chi connectivity index (χ3n) is 5.51. The molecule has 0 aromatic heterocycles. The fourth-order valence-corrected chi connectivity index (χ4v) is 4.24. The summed E-state index contributed by atoms with van der Waals surface area (Å²) >= 11 is 0. The van der Waals surface area contributed by atoms with Crippen molar-refractivity contribution in [3.63, 3.8) is 0 Å². The summed E-state index contributed by atoms with van der Waals surface area (Å²) in [7, 11) is 1.93. The maximum atomic E-state index is 4.56. The molecule has 0 saturated carbocycles. The van der Waals surface area contributed by atoms with E-state index >= 15 is 0 Å². The zero-order valence-electron chi connectivity index (χ0n) is 15.2. The number of rotatable bonds is 5. The minimum atomic E-state index is 0.469. The average Bonchev–Trinajstić information content (AvgIpc) is 2.96. The van der Waals surface area contributed by atoms with E-state index in [1.54, 1.807) is 0 Å². The number of nitrogens with zero attached hydrogens (tertiary/aromatic N) is 3. The fraction of sp³-hybridized carbons (Fsp3) is 0.944. The van der Waals surface area contributed by atoms with Crippen LogP contribution in [0, 0.1) is 11.3 Å². The van der Waals surface area contributed by atoms with Gasteiger partial charge in [-0.15, -0.1) is 0 Å². The molecule has 4 heteroatoms. The molecule has 0 aromatic rings. The predicted octanol–water partition coefficient (Wildman–Crippen LogP) is 2.81. The lowest BCUT2D eigenvalue weighted by molar-refractivity contribution is 0.142. The van der Waals surface area contributed by atoms with Crippen molar-refractivity contribution in [1.82, 2.24) is 15.1 Å². The van der Waals surface area contributed by atoms with E-state index in [9.17, 15) is 0 Å². The molecule has 2 atom stereocenters. The van der Waals surface area contributed by atoms with Gasteiger partial charge in [0.1, 0.15) is 0 Å². The second-order valence-corrected chi connectivity index (χ2v) is 7.56. The minimum absolute atomic E-state index is 0.469. The quantitative estimate of drug-likeness (QED) is 0.626. The van der Waals surface area contributed by atoms with Gasteiger partial charge in [-0.3, -0.25) is 4.99 Å². The fourth-order valence-electron chi connectivity index (χ4n) is 4.24. The molecule has 2 fully saturated rings. The van der Waals surface area contributed by atoms with Gasteiger partial charge in [0.25, 0.3) is 0 Å². The zero-order chi connectivity index (χ0) is 16.0. The summed E-state index contributed by atoms with van der Waals surface area (Å²) in [4.78, 5) is 9.60. The topological polar surface area (TPSA) is 30.9 Å². The van der Waals surface area contributed by atoms with Crippen LogP contribution in [0.1, 0.15) is 52.9 Å². The van der Waals surface area contributed by atoms with Gasteiger partial charge in [0.05, 0.1) is 0 Å². The molecule has 0 aliphatic carbocycles. The lowest BCUT2D eigenvalue weighted by Crippen LogP contribution is -2.50. The summed E-state index contributed by atoms with van der Waals surface area (Å²) in [6.45, 7) is 14.1. The van der Waals surface area contributed by atoms with Crippen LogP contribution in [0.2, 0.25) is 0 Å². The standard InChI is InChI=1S/C18H36N4/c1-5-9-18(3)10-7-11-22(15-18)17(19-4)20-13-16-8-12-21(6-2)14-16/h16H,5-15H2,1-4H3,(H,19,20). The normalized spacial score (nSPS) is 30.8. The summed E-state index contributed by atoms with van der Waals surface area (Å²) in [6.07, 6.45) is 6.60. The number of hydrogen-bond donors (Lipinski definition) is 1. The first-order chi connectivity index (χ1) is 10.6. The second kappa shape index (κ2) is 8.19. The first kappa shape index (κ1) is 17.6. The molecule has 0 aromatic carbocycles. The SMILES string of the molecule is CCCC1(C)CCCN(C(=NC)NCC2CCN(CC)C2)C1. The second-order valence-electron chi connectivity index (χ2n) is 7.56. The van der Waals surface area contributed by atoms with E-state index in [0.717, 1.165) is 31.5 Å². The van der Waals surface area contributed by atoms with E-state index in [1.807, 2.05) is 7.05 Å². The number of nitrogens with one attached hydrogen (secondary N) is 1. The largest absolute Gasteiger partial charge is 0.356 e. The Kier molecular flexibility index (Phi) is 6.54. The summed E-state index contributed by atoms with van der Waals surface area (Å²) in [5, 5.41) is 3.65. The highest BCUT2D eigenvalue weighted by atomic mass is 15.3. The van der Waals surface area contributed by atoms with Crippen molar-refractivity contribution in [3.05, 3.63) is 0 Å². The first-order valence-electron chi connectivity index (χ1n) is 9.28. The van der Waals surface area contributed by atoms with Gasteiger partial charge in [0.15, 0.2) is 5.96 Å². The zero-order valence-corrected chi connectivity index (χ0v) is 15.2. The van der Waals surface area contributed by atoms with Crippen molar-refractivity contribution in [1.29, 1.82) is 0 Å². The smallest absolute Gasteiger partial charge is 0.193 e. The van der Waals surface area contributed by atoms with Crippen LogP contribution in [0.25, 0.3) is 0 Å². The Morgan fingerprint density at radius 2 is 2.14 bits per heavy atom. The van der Waals surface area contributed by atoms with Crippen LogP contribution >= 0.6 is 0 Å². The monoisotopic (exact) mass is 308 g/mol. The number of aliphatic imine (C=N–C) groups is 1. The lowest BCUT2D eigenvalue weighted by atomic mass is 9.78. The van der Waals surface area contributed by atoms with Gasteiger partial charge in [-0.1, -0.05) is 27.2 Å². The molecule has 22 heavy (non-hydrogen) atoms. The van der Waals surface area contributed by atoms with Crippen molar-refractivity contribution >= 4 is 5.96 Å². The van der Waals surface area contributed by atoms with E-state index in [-0.39, 0.29) is 0 Å². The van der Waals surface area contributed by atoms with E-state index in [2.05, 4.69) is 40.9 Å². The Labute approximate surface area is 137 Å². The Bertz CT molecular complexity index is 364. The van der Waals surface area contributed by atoms with E-state index in [1.165, 1.54) is 51.7 Å². The Balaban J connectivity index is 1.83. The van der Waals surface area contributed by atoms with Crippen molar-refractivity contribution in [2.45, 2.75) is 52.9 Å². The summed E-state index contributed by atoms with van der Waals surface area (Å²) in [5.74, 6) is 1.90. The maximum absolute atomic E-state index is 4.56. The highest BCUT2D eigenvalue weighted by Crippen LogP contribution is 2.33. The third-order valence-corrected chi connectivity index (χ3v) is 5.51. The van der Waals surface area contributed by atoms with Crippen LogP contribution in [0.15, 0.2) is 4.99 Å². The van der Waals surface area contributed by atoms with Crippen LogP contribution < -0.4 is 5.32 Å². The van der Waals surface area contributed by atoms with Crippen molar-refractivity contribution in [3.8, 4) is 0 Å². The number of likely N-dealkylation sites (tertiary alicyclic amines) is 2. The van der Waals surface area contributed by atoms with Gasteiger partial charge in [0.2, 0.25) is 0 Å². The Morgan fingerprint density at radius 3 is 2.77 bits per heavy atom. The third kappa shape index (κ3) is 4.61. The molecule has 2 unspecified atom stereocenters. The Hall–Kier alpha value is -0.770. The maximum Gasteiger partial charge on any atom is 0.193 e. The molecule has 2 heterocycles. The Morgan fingerprint density at radius 1 is 1.32 bits per heavy atom. The molecule has 4 nitrogen and oxygen atoms in total. The average molecular weight is 309 g/mol. The minimum Gasteiger partial charge on any atom is -0.356 e. The van der Waals surface area contributed by atoms with E-state index < -0.39 is 0 Å². The lowest BCUT2D eigenvalue weighted by Gasteiger charge is -2.42.